The summed E-state index contributed by atoms with van der Waals surface area (Å²) in [4.78, 5) is 8.73. The molecule has 2 aromatic heterocycles. The summed E-state index contributed by atoms with van der Waals surface area (Å²) in [5.41, 5.74) is 1.85. The van der Waals surface area contributed by atoms with Gasteiger partial charge in [-0.25, -0.2) is 9.97 Å². The Labute approximate surface area is 118 Å². The molecule has 0 aliphatic heterocycles. The van der Waals surface area contributed by atoms with Gasteiger partial charge in [0.2, 0.25) is 0 Å². The van der Waals surface area contributed by atoms with Crippen LogP contribution < -0.4 is 0 Å². The van der Waals surface area contributed by atoms with Gasteiger partial charge in [-0.3, -0.25) is 0 Å². The number of fused-ring (bicyclic) bond motifs is 1. The van der Waals surface area contributed by atoms with Gasteiger partial charge >= 0.3 is 0 Å². The molecule has 0 spiro atoms. The van der Waals surface area contributed by atoms with Crippen LogP contribution in [-0.2, 0) is 9.47 Å². The zero-order chi connectivity index (χ0) is 14.2. The Morgan fingerprint density at radius 2 is 1.35 bits per heavy atom. The van der Waals surface area contributed by atoms with E-state index < -0.39 is 0 Å². The highest BCUT2D eigenvalue weighted by Crippen LogP contribution is 2.10. The van der Waals surface area contributed by atoms with Gasteiger partial charge in [0.1, 0.15) is 23.6 Å². The molecule has 0 aliphatic rings. The van der Waals surface area contributed by atoms with Crippen molar-refractivity contribution in [3.05, 3.63) is 35.7 Å². The number of hydrogen-bond donors (Lipinski definition) is 0. The summed E-state index contributed by atoms with van der Waals surface area (Å²) in [5, 5.41) is 0.939. The van der Waals surface area contributed by atoms with Crippen molar-refractivity contribution in [2.75, 3.05) is 13.2 Å². The summed E-state index contributed by atoms with van der Waals surface area (Å²) in [6.45, 7) is 4.87. The maximum atomic E-state index is 4.98. The van der Waals surface area contributed by atoms with E-state index in [0.29, 0.717) is 30.2 Å². The lowest BCUT2D eigenvalue weighted by atomic mass is 10.2. The topological polar surface area (TPSA) is 44.2 Å². The molecule has 0 unspecified atom stereocenters. The standard InChI is InChI=1S/C16H14N2O2/c1-3-19-11-9-14-7-5-13-6-8-15(10-12-20-4-2)18-16(13)17-14/h5-8H,3-4H2,1-2H3. The van der Waals surface area contributed by atoms with E-state index in [1.165, 1.54) is 0 Å². The second-order valence-corrected chi connectivity index (χ2v) is 3.76. The Bertz CT molecular complexity index is 659. The van der Waals surface area contributed by atoms with Crippen molar-refractivity contribution in [3.63, 3.8) is 0 Å². The van der Waals surface area contributed by atoms with Crippen LogP contribution in [0.2, 0.25) is 0 Å². The Balaban J connectivity index is 2.31. The van der Waals surface area contributed by atoms with Crippen molar-refractivity contribution >= 4 is 11.0 Å². The van der Waals surface area contributed by atoms with E-state index in [4.69, 9.17) is 9.47 Å². The van der Waals surface area contributed by atoms with Crippen molar-refractivity contribution in [1.29, 1.82) is 0 Å². The van der Waals surface area contributed by atoms with Gasteiger partial charge in [-0.05, 0) is 50.0 Å². The Kier molecular flexibility index (Phi) is 4.81. The van der Waals surface area contributed by atoms with Crippen LogP contribution in [0.3, 0.4) is 0 Å². The first-order valence-corrected chi connectivity index (χ1v) is 6.37. The van der Waals surface area contributed by atoms with Crippen LogP contribution in [0.5, 0.6) is 0 Å². The molecule has 0 atom stereocenters. The van der Waals surface area contributed by atoms with Crippen LogP contribution in [-0.4, -0.2) is 23.2 Å². The van der Waals surface area contributed by atoms with E-state index in [1.54, 1.807) is 0 Å². The summed E-state index contributed by atoms with van der Waals surface area (Å²) in [5.74, 6) is 5.65. The van der Waals surface area contributed by atoms with E-state index in [0.717, 1.165) is 5.39 Å². The van der Waals surface area contributed by atoms with Gasteiger partial charge in [0.25, 0.3) is 0 Å². The van der Waals surface area contributed by atoms with Gasteiger partial charge in [-0.2, -0.15) is 0 Å². The molecule has 0 fully saturated rings. The molecule has 100 valence electrons. The molecular weight excluding hydrogens is 252 g/mol. The highest BCUT2D eigenvalue weighted by Gasteiger charge is 1.99. The lowest BCUT2D eigenvalue weighted by Crippen LogP contribution is -1.91. The molecule has 4 heteroatoms. The Morgan fingerprint density at radius 3 is 1.80 bits per heavy atom. The Hall–Kier alpha value is -2.72. The van der Waals surface area contributed by atoms with Crippen LogP contribution in [0, 0.1) is 24.1 Å². The number of pyridine rings is 2. The average Bonchev–Trinajstić information content (AvgIpc) is 2.47. The van der Waals surface area contributed by atoms with Gasteiger partial charge in [0.15, 0.2) is 5.65 Å². The smallest absolute Gasteiger partial charge is 0.161 e. The number of hydrogen-bond acceptors (Lipinski definition) is 4. The van der Waals surface area contributed by atoms with E-state index in [9.17, 15) is 0 Å². The lowest BCUT2D eigenvalue weighted by molar-refractivity contribution is 0.299. The molecule has 0 saturated heterocycles. The predicted molar refractivity (Wildman–Crippen MR) is 76.5 cm³/mol. The van der Waals surface area contributed by atoms with Crippen molar-refractivity contribution in [2.24, 2.45) is 0 Å². The third-order valence-corrected chi connectivity index (χ3v) is 2.34. The van der Waals surface area contributed by atoms with Crippen LogP contribution in [0.4, 0.5) is 0 Å². The van der Waals surface area contributed by atoms with Crippen molar-refractivity contribution in [3.8, 4) is 24.1 Å². The minimum Gasteiger partial charge on any atom is -0.447 e. The first-order chi connectivity index (χ1) is 9.83. The lowest BCUT2D eigenvalue weighted by Gasteiger charge is -1.98. The first-order valence-electron chi connectivity index (χ1n) is 6.37. The molecule has 2 aromatic rings. The van der Waals surface area contributed by atoms with E-state index in [1.807, 2.05) is 38.1 Å². The zero-order valence-electron chi connectivity index (χ0n) is 11.4. The molecule has 0 N–H and O–H groups in total. The molecule has 0 aliphatic carbocycles. The minimum atomic E-state index is 0.552. The summed E-state index contributed by atoms with van der Waals surface area (Å²) in [6, 6.07) is 7.51. The molecule has 20 heavy (non-hydrogen) atoms. The van der Waals surface area contributed by atoms with E-state index in [2.05, 4.69) is 34.0 Å². The number of aromatic nitrogens is 2. The second-order valence-electron chi connectivity index (χ2n) is 3.76. The molecule has 0 saturated carbocycles. The summed E-state index contributed by atoms with van der Waals surface area (Å²) in [6.07, 6.45) is 5.17. The summed E-state index contributed by atoms with van der Waals surface area (Å²) < 4.78 is 9.96. The zero-order valence-corrected chi connectivity index (χ0v) is 11.4. The largest absolute Gasteiger partial charge is 0.447 e. The van der Waals surface area contributed by atoms with Gasteiger partial charge in [0, 0.05) is 5.39 Å². The predicted octanol–water partition coefficient (Wildman–Crippen LogP) is 2.32. The minimum absolute atomic E-state index is 0.552. The van der Waals surface area contributed by atoms with Gasteiger partial charge in [0.05, 0.1) is 13.2 Å². The molecule has 0 aromatic carbocycles. The second kappa shape index (κ2) is 7.01. The van der Waals surface area contributed by atoms with Crippen molar-refractivity contribution in [1.82, 2.24) is 9.97 Å². The fourth-order valence-electron chi connectivity index (χ4n) is 1.46. The van der Waals surface area contributed by atoms with Crippen molar-refractivity contribution in [2.45, 2.75) is 13.8 Å². The maximum absolute atomic E-state index is 4.98. The highest BCUT2D eigenvalue weighted by atomic mass is 16.5. The Morgan fingerprint density at radius 1 is 0.850 bits per heavy atom. The fraction of sp³-hybridized carbons (Fsp3) is 0.250. The molecular formula is C16H14N2O2. The number of nitrogens with zero attached hydrogens (tertiary/aromatic N) is 2. The SMILES string of the molecule is CCOC#Cc1ccc2ccc(C#COCC)nc2n1. The number of ether oxygens (including phenoxy) is 2. The molecule has 2 rings (SSSR count). The molecule has 4 nitrogen and oxygen atoms in total. The van der Waals surface area contributed by atoms with Crippen LogP contribution in [0.15, 0.2) is 24.3 Å². The monoisotopic (exact) mass is 266 g/mol. The summed E-state index contributed by atoms with van der Waals surface area (Å²) in [7, 11) is 0. The van der Waals surface area contributed by atoms with Crippen molar-refractivity contribution < 1.29 is 9.47 Å². The molecule has 0 radical (unpaired) electrons. The maximum Gasteiger partial charge on any atom is 0.161 e. The molecule has 2 heterocycles. The molecule has 0 bridgehead atoms. The van der Waals surface area contributed by atoms with Crippen LogP contribution in [0.25, 0.3) is 11.0 Å². The van der Waals surface area contributed by atoms with E-state index >= 15 is 0 Å². The molecule has 0 amide bonds. The van der Waals surface area contributed by atoms with Crippen LogP contribution in [0.1, 0.15) is 25.2 Å². The normalized spacial score (nSPS) is 9.10. The van der Waals surface area contributed by atoms with Gasteiger partial charge in [-0.1, -0.05) is 0 Å². The fourth-order valence-corrected chi connectivity index (χ4v) is 1.46. The third-order valence-electron chi connectivity index (χ3n) is 2.34. The van der Waals surface area contributed by atoms with E-state index in [-0.39, 0.29) is 0 Å². The van der Waals surface area contributed by atoms with Crippen LogP contribution >= 0.6 is 0 Å². The van der Waals surface area contributed by atoms with Gasteiger partial charge < -0.3 is 9.47 Å². The average molecular weight is 266 g/mol. The third kappa shape index (κ3) is 3.63. The highest BCUT2D eigenvalue weighted by molar-refractivity contribution is 5.75. The summed E-state index contributed by atoms with van der Waals surface area (Å²) >= 11 is 0. The first kappa shape index (κ1) is 13.7. The van der Waals surface area contributed by atoms with Gasteiger partial charge in [-0.15, -0.1) is 0 Å². The number of rotatable bonds is 2. The quantitative estimate of drug-likeness (QED) is 0.782.